The molecule has 3 rings (SSSR count). The first-order valence-electron chi connectivity index (χ1n) is 6.19. The molecule has 1 heterocycles. The van der Waals surface area contributed by atoms with E-state index in [9.17, 15) is 0 Å². The third kappa shape index (κ3) is 1.99. The maximum Gasteiger partial charge on any atom is 0.195 e. The first-order valence-corrected chi connectivity index (χ1v) is 6.98. The van der Waals surface area contributed by atoms with Crippen molar-refractivity contribution in [2.24, 2.45) is 0 Å². The van der Waals surface area contributed by atoms with Gasteiger partial charge in [0.15, 0.2) is 10.6 Å². The van der Waals surface area contributed by atoms with E-state index in [-0.39, 0.29) is 0 Å². The first-order chi connectivity index (χ1) is 8.77. The molecule has 1 aromatic heterocycles. The summed E-state index contributed by atoms with van der Waals surface area (Å²) in [5.41, 5.74) is 0.943. The number of hydrogen-bond acceptors (Lipinski definition) is 2. The second-order valence-corrected chi connectivity index (χ2v) is 5.43. The van der Waals surface area contributed by atoms with Crippen molar-refractivity contribution >= 4 is 23.8 Å². The molecule has 2 aromatic rings. The SMILES string of the molecule is S=c1[nH]nc(-c2ccccc2Cl)n1C1CCCC1. The molecule has 0 amide bonds. The Kier molecular flexibility index (Phi) is 3.22. The van der Waals surface area contributed by atoms with Crippen LogP contribution in [-0.4, -0.2) is 14.8 Å². The van der Waals surface area contributed by atoms with Crippen molar-refractivity contribution in [1.82, 2.24) is 14.8 Å². The van der Waals surface area contributed by atoms with E-state index in [0.29, 0.717) is 15.8 Å². The molecule has 0 spiro atoms. The number of aromatic amines is 1. The summed E-state index contributed by atoms with van der Waals surface area (Å²) in [5.74, 6) is 0.859. The van der Waals surface area contributed by atoms with E-state index < -0.39 is 0 Å². The molecule has 1 N–H and O–H groups in total. The van der Waals surface area contributed by atoms with E-state index in [0.717, 1.165) is 11.4 Å². The fourth-order valence-electron chi connectivity index (χ4n) is 2.64. The van der Waals surface area contributed by atoms with Gasteiger partial charge in [-0.2, -0.15) is 5.10 Å². The van der Waals surface area contributed by atoms with Crippen LogP contribution in [0.15, 0.2) is 24.3 Å². The summed E-state index contributed by atoms with van der Waals surface area (Å²) in [7, 11) is 0. The molecule has 1 aliphatic carbocycles. The Hall–Kier alpha value is -1.13. The van der Waals surface area contributed by atoms with Gasteiger partial charge in [-0.15, -0.1) is 0 Å². The van der Waals surface area contributed by atoms with Crippen LogP contribution >= 0.6 is 23.8 Å². The molecule has 1 aliphatic rings. The quantitative estimate of drug-likeness (QED) is 0.828. The Bertz CT molecular complexity index is 611. The van der Waals surface area contributed by atoms with Crippen LogP contribution < -0.4 is 0 Å². The third-order valence-corrected chi connectivity index (χ3v) is 4.13. The minimum Gasteiger partial charge on any atom is -0.297 e. The summed E-state index contributed by atoms with van der Waals surface area (Å²) >= 11 is 11.6. The zero-order valence-electron chi connectivity index (χ0n) is 9.90. The third-order valence-electron chi connectivity index (χ3n) is 3.51. The van der Waals surface area contributed by atoms with Crippen LogP contribution in [-0.2, 0) is 0 Å². The number of rotatable bonds is 2. The van der Waals surface area contributed by atoms with Crippen molar-refractivity contribution in [2.75, 3.05) is 0 Å². The van der Waals surface area contributed by atoms with E-state index >= 15 is 0 Å². The van der Waals surface area contributed by atoms with Crippen LogP contribution in [0.2, 0.25) is 5.02 Å². The highest BCUT2D eigenvalue weighted by molar-refractivity contribution is 7.71. The molecule has 1 fully saturated rings. The van der Waals surface area contributed by atoms with Gasteiger partial charge in [0.25, 0.3) is 0 Å². The summed E-state index contributed by atoms with van der Waals surface area (Å²) in [4.78, 5) is 0. The molecule has 5 heteroatoms. The smallest absolute Gasteiger partial charge is 0.195 e. The standard InChI is InChI=1S/C13H14ClN3S/c14-11-8-4-3-7-10(11)12-15-16-13(18)17(12)9-5-1-2-6-9/h3-4,7-9H,1-2,5-6H2,(H,16,18). The Morgan fingerprint density at radius 1 is 1.28 bits per heavy atom. The Morgan fingerprint density at radius 2 is 2.00 bits per heavy atom. The Balaban J connectivity index is 2.13. The summed E-state index contributed by atoms with van der Waals surface area (Å²) in [6.45, 7) is 0. The summed E-state index contributed by atoms with van der Waals surface area (Å²) in [6.07, 6.45) is 4.87. The van der Waals surface area contributed by atoms with Gasteiger partial charge in [-0.1, -0.05) is 36.6 Å². The van der Waals surface area contributed by atoms with Crippen LogP contribution in [0.25, 0.3) is 11.4 Å². The van der Waals surface area contributed by atoms with Gasteiger partial charge in [-0.05, 0) is 37.2 Å². The molecular formula is C13H14ClN3S. The highest BCUT2D eigenvalue weighted by Gasteiger charge is 2.22. The number of benzene rings is 1. The lowest BCUT2D eigenvalue weighted by Crippen LogP contribution is -2.07. The topological polar surface area (TPSA) is 33.6 Å². The molecule has 0 unspecified atom stereocenters. The average Bonchev–Trinajstić information content (AvgIpc) is 2.98. The fraction of sp³-hybridized carbons (Fsp3) is 0.385. The van der Waals surface area contributed by atoms with E-state index in [4.69, 9.17) is 23.8 Å². The van der Waals surface area contributed by atoms with E-state index in [1.807, 2.05) is 24.3 Å². The monoisotopic (exact) mass is 279 g/mol. The van der Waals surface area contributed by atoms with Gasteiger partial charge in [0.2, 0.25) is 0 Å². The molecule has 3 nitrogen and oxygen atoms in total. The van der Waals surface area contributed by atoms with Crippen LogP contribution in [0, 0.1) is 4.77 Å². The van der Waals surface area contributed by atoms with E-state index in [2.05, 4.69) is 14.8 Å². The molecular weight excluding hydrogens is 266 g/mol. The van der Waals surface area contributed by atoms with Gasteiger partial charge < -0.3 is 0 Å². The van der Waals surface area contributed by atoms with Crippen LogP contribution in [0.5, 0.6) is 0 Å². The summed E-state index contributed by atoms with van der Waals surface area (Å²) in [6, 6.07) is 8.22. The molecule has 0 atom stereocenters. The van der Waals surface area contributed by atoms with Crippen LogP contribution in [0.3, 0.4) is 0 Å². The lowest BCUT2D eigenvalue weighted by molar-refractivity contribution is 0.516. The number of H-pyrrole nitrogens is 1. The maximum absolute atomic E-state index is 6.25. The summed E-state index contributed by atoms with van der Waals surface area (Å²) < 4.78 is 2.82. The molecule has 1 saturated carbocycles. The minimum atomic E-state index is 0.461. The zero-order chi connectivity index (χ0) is 12.5. The predicted molar refractivity (Wildman–Crippen MR) is 75.4 cm³/mol. The van der Waals surface area contributed by atoms with Crippen molar-refractivity contribution in [1.29, 1.82) is 0 Å². The normalized spacial score (nSPS) is 16.3. The number of hydrogen-bond donors (Lipinski definition) is 1. The molecule has 0 bridgehead atoms. The van der Waals surface area contributed by atoms with Gasteiger partial charge in [0.05, 0.1) is 5.02 Å². The van der Waals surface area contributed by atoms with Gasteiger partial charge in [0, 0.05) is 11.6 Å². The molecule has 0 aliphatic heterocycles. The molecule has 0 saturated heterocycles. The largest absolute Gasteiger partial charge is 0.297 e. The highest BCUT2D eigenvalue weighted by Crippen LogP contribution is 2.34. The van der Waals surface area contributed by atoms with Gasteiger partial charge in [-0.3, -0.25) is 9.67 Å². The van der Waals surface area contributed by atoms with Crippen molar-refractivity contribution in [3.8, 4) is 11.4 Å². The van der Waals surface area contributed by atoms with Gasteiger partial charge in [-0.25, -0.2) is 0 Å². The number of aromatic nitrogens is 3. The second-order valence-electron chi connectivity index (χ2n) is 4.64. The van der Waals surface area contributed by atoms with Crippen LogP contribution in [0.4, 0.5) is 0 Å². The molecule has 0 radical (unpaired) electrons. The number of nitrogens with zero attached hydrogens (tertiary/aromatic N) is 2. The summed E-state index contributed by atoms with van der Waals surface area (Å²) in [5, 5.41) is 7.96. The Morgan fingerprint density at radius 3 is 2.72 bits per heavy atom. The van der Waals surface area contributed by atoms with Crippen molar-refractivity contribution in [2.45, 2.75) is 31.7 Å². The van der Waals surface area contributed by atoms with Crippen LogP contribution in [0.1, 0.15) is 31.7 Å². The fourth-order valence-corrected chi connectivity index (χ4v) is 3.14. The predicted octanol–water partition coefficient (Wildman–Crippen LogP) is 4.38. The van der Waals surface area contributed by atoms with Gasteiger partial charge in [0.1, 0.15) is 0 Å². The average molecular weight is 280 g/mol. The van der Waals surface area contributed by atoms with E-state index in [1.165, 1.54) is 25.7 Å². The maximum atomic E-state index is 6.25. The van der Waals surface area contributed by atoms with Gasteiger partial charge >= 0.3 is 0 Å². The van der Waals surface area contributed by atoms with Crippen molar-refractivity contribution in [3.63, 3.8) is 0 Å². The van der Waals surface area contributed by atoms with E-state index in [1.54, 1.807) is 0 Å². The number of nitrogens with one attached hydrogen (secondary N) is 1. The minimum absolute atomic E-state index is 0.461. The molecule has 1 aromatic carbocycles. The lowest BCUT2D eigenvalue weighted by atomic mass is 10.2. The Labute approximate surface area is 116 Å². The molecule has 94 valence electrons. The van der Waals surface area contributed by atoms with Crippen molar-refractivity contribution in [3.05, 3.63) is 34.1 Å². The highest BCUT2D eigenvalue weighted by atomic mass is 35.5. The number of halogens is 1. The molecule has 18 heavy (non-hydrogen) atoms. The lowest BCUT2D eigenvalue weighted by Gasteiger charge is -2.14. The van der Waals surface area contributed by atoms with Crippen molar-refractivity contribution < 1.29 is 0 Å². The second kappa shape index (κ2) is 4.86. The zero-order valence-corrected chi connectivity index (χ0v) is 11.5. The first kappa shape index (κ1) is 11.9.